The Labute approximate surface area is 520 Å². The number of esters is 1. The van der Waals surface area contributed by atoms with Crippen molar-refractivity contribution in [3.8, 4) is 0 Å². The number of fused-ring (bicyclic) bond motifs is 2. The molecule has 19 atom stereocenters. The summed E-state index contributed by atoms with van der Waals surface area (Å²) in [5.41, 5.74) is 0. The van der Waals surface area contributed by atoms with Crippen molar-refractivity contribution < 1.29 is 113 Å². The highest BCUT2D eigenvalue weighted by Gasteiger charge is 2.51. The van der Waals surface area contributed by atoms with Gasteiger partial charge in [-0.05, 0) is 39.5 Å². The van der Waals surface area contributed by atoms with Gasteiger partial charge in [-0.2, -0.15) is 0 Å². The van der Waals surface area contributed by atoms with E-state index in [9.17, 15) is 80.1 Å². The smallest absolute Gasteiger partial charge is 0.462 e. The van der Waals surface area contributed by atoms with Crippen LogP contribution in [0.15, 0.2) is 110 Å². The summed E-state index contributed by atoms with van der Waals surface area (Å²) in [6.07, 6.45) is 1.04. The maximum absolute atomic E-state index is 13.9. The number of urea groups is 1. The number of alkyl carbamates (subject to hydrolysis) is 1. The Balaban J connectivity index is 2.13. The van der Waals surface area contributed by atoms with Gasteiger partial charge in [-0.3, -0.25) is 9.59 Å². The van der Waals surface area contributed by atoms with E-state index in [-0.39, 0.29) is 70.0 Å². The number of ether oxygens (including phenoxy) is 7. The van der Waals surface area contributed by atoms with E-state index in [0.29, 0.717) is 0 Å². The number of carbonyl (C=O) groups excluding carboxylic acids is 5. The molecule has 2 fully saturated rings. The Bertz CT molecular complexity index is 2380. The lowest BCUT2D eigenvalue weighted by Gasteiger charge is -2.47. The summed E-state index contributed by atoms with van der Waals surface area (Å²) in [7, 11) is 0. The lowest BCUT2D eigenvalue weighted by Crippen LogP contribution is -2.65. The normalized spacial score (nSPS) is 36.0. The maximum atomic E-state index is 13.9. The lowest BCUT2D eigenvalue weighted by atomic mass is 9.86. The molecule has 3 aliphatic rings. The fourth-order valence-electron chi connectivity index (χ4n) is 9.96. The van der Waals surface area contributed by atoms with Gasteiger partial charge in [-0.15, -0.1) is 0 Å². The zero-order valence-corrected chi connectivity index (χ0v) is 51.3. The second kappa shape index (κ2) is 41.4. The number of carbonyl (C=O) groups is 5. The first kappa shape index (κ1) is 77.3. The molecule has 2 saturated heterocycles. The Morgan fingerprint density at radius 3 is 1.92 bits per heavy atom. The Kier molecular flexibility index (Phi) is 36.0. The molecule has 89 heavy (non-hydrogen) atoms. The van der Waals surface area contributed by atoms with Crippen molar-refractivity contribution in [1.82, 2.24) is 16.0 Å². The molecule has 0 unspecified atom stereocenters. The fraction of sp³-hybridized carbons (Fsp3) is 0.635. The molecule has 14 N–H and O–H groups in total. The number of hydrogen-bond acceptors (Lipinski definition) is 23. The summed E-state index contributed by atoms with van der Waals surface area (Å²) >= 11 is 0. The summed E-state index contributed by atoms with van der Waals surface area (Å²) in [4.78, 5) is 65.3. The first-order chi connectivity index (χ1) is 42.3. The van der Waals surface area contributed by atoms with E-state index in [0.717, 1.165) is 0 Å². The van der Waals surface area contributed by atoms with Gasteiger partial charge in [0, 0.05) is 76.0 Å². The van der Waals surface area contributed by atoms with Crippen LogP contribution in [-0.4, -0.2) is 223 Å². The average molecular weight is 1260 g/mol. The van der Waals surface area contributed by atoms with Crippen molar-refractivity contribution in [3.05, 3.63) is 110 Å². The molecule has 2 bridgehead atoms. The van der Waals surface area contributed by atoms with Crippen LogP contribution in [0.3, 0.4) is 0 Å². The third-order valence-corrected chi connectivity index (χ3v) is 15.1. The topological polar surface area (TPSA) is 409 Å². The molecular formula is C63H97N3O23. The molecule has 0 radical (unpaired) electrons. The molecule has 0 aromatic carbocycles. The van der Waals surface area contributed by atoms with Crippen LogP contribution in [0.4, 0.5) is 14.4 Å². The van der Waals surface area contributed by atoms with Crippen molar-refractivity contribution in [3.63, 3.8) is 0 Å². The summed E-state index contributed by atoms with van der Waals surface area (Å²) in [6.45, 7) is 12.2. The molecule has 502 valence electrons. The van der Waals surface area contributed by atoms with Gasteiger partial charge in [0.2, 0.25) is 0 Å². The standard InChI is InChI=1S/C63H97N3O23/c1-7-28-83-61(80)66-55-57(77)42(6)86-59(58(55)78)87-48-24-20-18-16-14-12-10-9-11-13-15-17-19-22-39(3)56(76)40(4)41(5)85-53(75)33-46(71)31-45(70)25-26-49(73)50(74)32-47(72)35-63(82)36-52(88-62(81)84-29-8-2)54(51(34-48)89-63)65-60(79)64-27-21-23-44(69)30-43(37-67)38-68/h7-20,22,24,39-43,45-52,54-59,67-68,70-74,76-78,82H,1-2,21,23,25-38H2,3-6H3,(H,66,80)(H2,64,65,79)/b10-9+,13-11+,14-12+,17-15+,18-16+,22-19+,24-20+/t39-,40-,41-,42+,45+,46+,47-,48-,49+,50+,51-,52-,54-,55-,56+,57+,58-,59-,63+/m0/s1. The SMILES string of the molecule is C=CCOC(=O)N[C@@H]1[C@H](O)[C@H](O[C@H]2/C=C/C=C/C=C/C=C/C=C/C=C/C=C/[C@H](C)[C@@H](O)[C@@H](C)[C@H](C)OC(=O)C[C@H](O)C[C@H](O)CC[C@@H](O)[C@H](O)C[C@H](O)C[C@]3(O)C[C@H](OC(=O)OCC=C)[C@@H](NC(=O)NCCCC(=O)CC(CO)CO)[C@H](C2)O3)O[C@H](C)[C@H]1O. The number of aliphatic hydroxyl groups excluding tert-OH is 10. The lowest BCUT2D eigenvalue weighted by molar-refractivity contribution is -0.303. The largest absolute Gasteiger partial charge is 0.508 e. The number of aliphatic hydroxyl groups is 11. The molecule has 3 rings (SSSR count). The van der Waals surface area contributed by atoms with E-state index >= 15 is 0 Å². The summed E-state index contributed by atoms with van der Waals surface area (Å²) in [5.74, 6) is -5.02. The maximum Gasteiger partial charge on any atom is 0.508 e. The summed E-state index contributed by atoms with van der Waals surface area (Å²) < 4.78 is 40.2. The number of hydrogen-bond donors (Lipinski definition) is 14. The zero-order chi connectivity index (χ0) is 66.1. The van der Waals surface area contributed by atoms with Gasteiger partial charge >= 0.3 is 24.2 Å². The predicted molar refractivity (Wildman–Crippen MR) is 324 cm³/mol. The van der Waals surface area contributed by atoms with E-state index < -0.39 is 185 Å². The number of cyclic esters (lactones) is 1. The van der Waals surface area contributed by atoms with Crippen LogP contribution in [-0.2, 0) is 42.7 Å². The van der Waals surface area contributed by atoms with Gasteiger partial charge in [-0.25, -0.2) is 14.4 Å². The number of Topliss-reactive ketones (excluding diaryl/α,β-unsaturated/α-hetero) is 1. The van der Waals surface area contributed by atoms with Crippen LogP contribution in [0, 0.1) is 17.8 Å². The van der Waals surface area contributed by atoms with E-state index in [1.165, 1.54) is 25.2 Å². The van der Waals surface area contributed by atoms with Gasteiger partial charge in [0.25, 0.3) is 0 Å². The number of amides is 3. The minimum absolute atomic E-state index is 0.0251. The molecule has 26 nitrogen and oxygen atoms in total. The number of rotatable bonds is 17. The van der Waals surface area contributed by atoms with Crippen molar-refractivity contribution in [1.29, 1.82) is 0 Å². The van der Waals surface area contributed by atoms with E-state index in [4.69, 9.17) is 33.2 Å². The molecule has 0 spiro atoms. The molecule has 3 aliphatic heterocycles. The Morgan fingerprint density at radius 2 is 1.30 bits per heavy atom. The van der Waals surface area contributed by atoms with Crippen LogP contribution >= 0.6 is 0 Å². The second-order valence-corrected chi connectivity index (χ2v) is 22.6. The molecule has 26 heteroatoms. The third-order valence-electron chi connectivity index (χ3n) is 15.1. The monoisotopic (exact) mass is 1260 g/mol. The molecule has 0 saturated carbocycles. The van der Waals surface area contributed by atoms with Gasteiger partial charge in [0.1, 0.15) is 43.4 Å². The van der Waals surface area contributed by atoms with Gasteiger partial charge in [-0.1, -0.05) is 124 Å². The Hall–Kier alpha value is -5.95. The van der Waals surface area contributed by atoms with Crippen LogP contribution in [0.1, 0.15) is 98.3 Å². The molecule has 0 aliphatic carbocycles. The first-order valence-electron chi connectivity index (χ1n) is 30.1. The van der Waals surface area contributed by atoms with E-state index in [1.807, 2.05) is 6.92 Å². The second-order valence-electron chi connectivity index (χ2n) is 22.6. The molecule has 3 heterocycles. The minimum atomic E-state index is -2.50. The number of ketones is 1. The molecule has 3 amide bonds. The summed E-state index contributed by atoms with van der Waals surface area (Å²) in [6, 6.07) is -3.74. The van der Waals surface area contributed by atoms with Crippen molar-refractivity contribution >= 4 is 30.0 Å². The average Bonchev–Trinajstić information content (AvgIpc) is 1.87. The van der Waals surface area contributed by atoms with Gasteiger partial charge < -0.3 is 105 Å². The molecule has 0 aromatic rings. The van der Waals surface area contributed by atoms with Crippen molar-refractivity contribution in [2.45, 2.75) is 202 Å². The van der Waals surface area contributed by atoms with Crippen LogP contribution in [0.25, 0.3) is 0 Å². The van der Waals surface area contributed by atoms with E-state index in [2.05, 4.69) is 29.1 Å². The highest BCUT2D eigenvalue weighted by Crippen LogP contribution is 2.37. The third kappa shape index (κ3) is 29.3. The van der Waals surface area contributed by atoms with Gasteiger partial charge in [0.15, 0.2) is 12.1 Å². The van der Waals surface area contributed by atoms with Crippen LogP contribution < -0.4 is 16.0 Å². The van der Waals surface area contributed by atoms with Crippen molar-refractivity contribution in [2.24, 2.45) is 17.8 Å². The van der Waals surface area contributed by atoms with E-state index in [1.54, 1.807) is 92.8 Å². The minimum Gasteiger partial charge on any atom is -0.462 e. The molecular weight excluding hydrogens is 1170 g/mol. The van der Waals surface area contributed by atoms with Crippen LogP contribution in [0.2, 0.25) is 0 Å². The highest BCUT2D eigenvalue weighted by molar-refractivity contribution is 5.79. The van der Waals surface area contributed by atoms with Gasteiger partial charge in [0.05, 0.1) is 73.4 Å². The quantitative estimate of drug-likeness (QED) is 0.0430. The fourth-order valence-corrected chi connectivity index (χ4v) is 9.96. The van der Waals surface area contributed by atoms with Crippen molar-refractivity contribution in [2.75, 3.05) is 33.0 Å². The molecule has 0 aromatic heterocycles. The number of nitrogens with one attached hydrogen (secondary N) is 3. The Morgan fingerprint density at radius 1 is 0.697 bits per heavy atom. The predicted octanol–water partition coefficient (Wildman–Crippen LogP) is 2.32. The first-order valence-corrected chi connectivity index (χ1v) is 30.1. The zero-order valence-electron chi connectivity index (χ0n) is 51.3. The highest BCUT2D eigenvalue weighted by atomic mass is 16.7. The van der Waals surface area contributed by atoms with Crippen LogP contribution in [0.5, 0.6) is 0 Å². The number of allylic oxidation sites excluding steroid dienone is 12. The summed E-state index contributed by atoms with van der Waals surface area (Å²) in [5, 5.41) is 128.